The van der Waals surface area contributed by atoms with Crippen molar-refractivity contribution in [2.75, 3.05) is 6.54 Å². The highest BCUT2D eigenvalue weighted by Gasteiger charge is 2.09. The fourth-order valence-electron chi connectivity index (χ4n) is 1.82. The predicted octanol–water partition coefficient (Wildman–Crippen LogP) is 3.83. The van der Waals surface area contributed by atoms with Crippen LogP contribution in [0.4, 0.5) is 4.39 Å². The van der Waals surface area contributed by atoms with Gasteiger partial charge in [-0.05, 0) is 43.5 Å². The molecule has 1 aromatic rings. The van der Waals surface area contributed by atoms with Crippen LogP contribution in [-0.4, -0.2) is 6.54 Å². The predicted molar refractivity (Wildman–Crippen MR) is 66.9 cm³/mol. The summed E-state index contributed by atoms with van der Waals surface area (Å²) in [6.07, 6.45) is 5.03. The molecule has 0 aliphatic heterocycles. The highest BCUT2D eigenvalue weighted by molar-refractivity contribution is 5.20. The molecule has 0 saturated carbocycles. The summed E-state index contributed by atoms with van der Waals surface area (Å²) in [5, 5.41) is 3.38. The first-order chi connectivity index (χ1) is 7.77. The summed E-state index contributed by atoms with van der Waals surface area (Å²) in [4.78, 5) is 0. The van der Waals surface area contributed by atoms with Gasteiger partial charge < -0.3 is 5.32 Å². The topological polar surface area (TPSA) is 12.0 Å². The third-order valence-electron chi connectivity index (χ3n) is 2.60. The molecule has 88 valence electrons. The highest BCUT2D eigenvalue weighted by Crippen LogP contribution is 2.20. The molecule has 0 aliphatic carbocycles. The lowest BCUT2D eigenvalue weighted by atomic mass is 10.0. The second-order valence-corrected chi connectivity index (χ2v) is 3.88. The van der Waals surface area contributed by atoms with Crippen LogP contribution in [0.25, 0.3) is 0 Å². The van der Waals surface area contributed by atoms with Gasteiger partial charge in [-0.25, -0.2) is 4.39 Å². The molecular formula is C14H20FN. The Hall–Kier alpha value is -1.15. The van der Waals surface area contributed by atoms with E-state index in [4.69, 9.17) is 0 Å². The van der Waals surface area contributed by atoms with E-state index in [0.29, 0.717) is 0 Å². The van der Waals surface area contributed by atoms with Gasteiger partial charge in [0, 0.05) is 6.04 Å². The van der Waals surface area contributed by atoms with Crippen molar-refractivity contribution >= 4 is 0 Å². The number of unbranched alkanes of at least 4 members (excludes halogenated alkanes) is 1. The molecule has 16 heavy (non-hydrogen) atoms. The number of benzene rings is 1. The van der Waals surface area contributed by atoms with Gasteiger partial charge in [-0.3, -0.25) is 0 Å². The van der Waals surface area contributed by atoms with Gasteiger partial charge in [-0.15, -0.1) is 6.58 Å². The number of rotatable bonds is 7. The molecule has 0 aromatic heterocycles. The average molecular weight is 221 g/mol. The zero-order valence-corrected chi connectivity index (χ0v) is 9.88. The van der Waals surface area contributed by atoms with E-state index in [1.807, 2.05) is 12.1 Å². The standard InChI is InChI=1S/C14H20FN/c1-3-5-6-10-14(16-4-2)12-8-7-9-13(15)11-12/h3,7-9,11,14,16H,1,4-6,10H2,2H3. The quantitative estimate of drug-likeness (QED) is 0.545. The highest BCUT2D eigenvalue weighted by atomic mass is 19.1. The first-order valence-electron chi connectivity index (χ1n) is 5.87. The average Bonchev–Trinajstić information content (AvgIpc) is 2.28. The van der Waals surface area contributed by atoms with Gasteiger partial charge in [-0.1, -0.05) is 25.1 Å². The molecule has 1 unspecified atom stereocenters. The van der Waals surface area contributed by atoms with Crippen LogP contribution in [0.5, 0.6) is 0 Å². The maximum Gasteiger partial charge on any atom is 0.123 e. The molecule has 0 radical (unpaired) electrons. The van der Waals surface area contributed by atoms with E-state index in [9.17, 15) is 4.39 Å². The minimum Gasteiger partial charge on any atom is -0.310 e. The second kappa shape index (κ2) is 7.18. The van der Waals surface area contributed by atoms with Crippen LogP contribution >= 0.6 is 0 Å². The number of hydrogen-bond acceptors (Lipinski definition) is 1. The van der Waals surface area contributed by atoms with E-state index in [0.717, 1.165) is 31.4 Å². The molecule has 0 aliphatic rings. The number of hydrogen-bond donors (Lipinski definition) is 1. The van der Waals surface area contributed by atoms with Crippen LogP contribution < -0.4 is 5.32 Å². The van der Waals surface area contributed by atoms with Crippen molar-refractivity contribution in [3.05, 3.63) is 48.3 Å². The minimum absolute atomic E-state index is 0.163. The Morgan fingerprint density at radius 3 is 2.94 bits per heavy atom. The summed E-state index contributed by atoms with van der Waals surface area (Å²) in [6.45, 7) is 6.68. The lowest BCUT2D eigenvalue weighted by molar-refractivity contribution is 0.496. The molecule has 1 nitrogen and oxygen atoms in total. The van der Waals surface area contributed by atoms with E-state index in [2.05, 4.69) is 18.8 Å². The first-order valence-corrected chi connectivity index (χ1v) is 5.87. The van der Waals surface area contributed by atoms with Crippen molar-refractivity contribution in [2.24, 2.45) is 0 Å². The van der Waals surface area contributed by atoms with E-state index in [1.165, 1.54) is 6.07 Å². The zero-order valence-electron chi connectivity index (χ0n) is 9.88. The van der Waals surface area contributed by atoms with Crippen LogP contribution in [0.3, 0.4) is 0 Å². The number of allylic oxidation sites excluding steroid dienone is 1. The Bertz CT molecular complexity index is 322. The van der Waals surface area contributed by atoms with Crippen molar-refractivity contribution in [3.63, 3.8) is 0 Å². The van der Waals surface area contributed by atoms with Gasteiger partial charge in [0.1, 0.15) is 5.82 Å². The van der Waals surface area contributed by atoms with Crippen LogP contribution in [0.15, 0.2) is 36.9 Å². The van der Waals surface area contributed by atoms with Crippen molar-refractivity contribution in [1.29, 1.82) is 0 Å². The molecule has 1 aromatic carbocycles. The molecule has 1 rings (SSSR count). The molecule has 0 fully saturated rings. The Labute approximate surface area is 97.4 Å². The Balaban J connectivity index is 2.64. The van der Waals surface area contributed by atoms with Gasteiger partial charge in [-0.2, -0.15) is 0 Å². The molecule has 2 heteroatoms. The fraction of sp³-hybridized carbons (Fsp3) is 0.429. The maximum absolute atomic E-state index is 13.1. The minimum atomic E-state index is -0.163. The second-order valence-electron chi connectivity index (χ2n) is 3.88. The summed E-state index contributed by atoms with van der Waals surface area (Å²) in [5.41, 5.74) is 1.03. The zero-order chi connectivity index (χ0) is 11.8. The lowest BCUT2D eigenvalue weighted by Gasteiger charge is -2.18. The van der Waals surface area contributed by atoms with E-state index in [1.54, 1.807) is 12.1 Å². The fourth-order valence-corrected chi connectivity index (χ4v) is 1.82. The Morgan fingerprint density at radius 2 is 2.31 bits per heavy atom. The van der Waals surface area contributed by atoms with Gasteiger partial charge >= 0.3 is 0 Å². The van der Waals surface area contributed by atoms with Gasteiger partial charge in [0.05, 0.1) is 0 Å². The Morgan fingerprint density at radius 1 is 1.50 bits per heavy atom. The molecule has 0 heterocycles. The SMILES string of the molecule is C=CCCCC(NCC)c1cccc(F)c1. The van der Waals surface area contributed by atoms with E-state index >= 15 is 0 Å². The van der Waals surface area contributed by atoms with Gasteiger partial charge in [0.2, 0.25) is 0 Å². The summed E-state index contributed by atoms with van der Waals surface area (Å²) in [6, 6.07) is 7.09. The van der Waals surface area contributed by atoms with E-state index in [-0.39, 0.29) is 11.9 Å². The largest absolute Gasteiger partial charge is 0.310 e. The van der Waals surface area contributed by atoms with Crippen molar-refractivity contribution < 1.29 is 4.39 Å². The molecule has 0 saturated heterocycles. The Kier molecular flexibility index (Phi) is 5.79. The normalized spacial score (nSPS) is 12.4. The van der Waals surface area contributed by atoms with Crippen LogP contribution in [-0.2, 0) is 0 Å². The third-order valence-corrected chi connectivity index (χ3v) is 2.60. The molecule has 0 spiro atoms. The van der Waals surface area contributed by atoms with Crippen LogP contribution in [0, 0.1) is 5.82 Å². The molecule has 1 N–H and O–H groups in total. The molecule has 1 atom stereocenters. The van der Waals surface area contributed by atoms with Crippen molar-refractivity contribution in [1.82, 2.24) is 5.32 Å². The summed E-state index contributed by atoms with van der Waals surface area (Å²) >= 11 is 0. The number of halogens is 1. The van der Waals surface area contributed by atoms with Crippen LogP contribution in [0.1, 0.15) is 37.8 Å². The van der Waals surface area contributed by atoms with Crippen LogP contribution in [0.2, 0.25) is 0 Å². The van der Waals surface area contributed by atoms with Gasteiger partial charge in [0.15, 0.2) is 0 Å². The van der Waals surface area contributed by atoms with Gasteiger partial charge in [0.25, 0.3) is 0 Å². The number of nitrogens with one attached hydrogen (secondary N) is 1. The monoisotopic (exact) mass is 221 g/mol. The molecule has 0 bridgehead atoms. The lowest BCUT2D eigenvalue weighted by Crippen LogP contribution is -2.20. The summed E-state index contributed by atoms with van der Waals surface area (Å²) < 4.78 is 13.1. The van der Waals surface area contributed by atoms with Crippen molar-refractivity contribution in [3.8, 4) is 0 Å². The summed E-state index contributed by atoms with van der Waals surface area (Å²) in [5.74, 6) is -0.163. The smallest absolute Gasteiger partial charge is 0.123 e. The van der Waals surface area contributed by atoms with E-state index < -0.39 is 0 Å². The molecule has 0 amide bonds. The van der Waals surface area contributed by atoms with Crippen molar-refractivity contribution in [2.45, 2.75) is 32.2 Å². The third kappa shape index (κ3) is 4.15. The summed E-state index contributed by atoms with van der Waals surface area (Å²) in [7, 11) is 0. The molecular weight excluding hydrogens is 201 g/mol. The maximum atomic E-state index is 13.1. The first kappa shape index (κ1) is 12.9.